The van der Waals surface area contributed by atoms with Crippen LogP contribution in [0.1, 0.15) is 43.7 Å². The van der Waals surface area contributed by atoms with E-state index in [1.165, 1.54) is 11.1 Å². The molecule has 0 aliphatic carbocycles. The highest BCUT2D eigenvalue weighted by molar-refractivity contribution is 5.36. The van der Waals surface area contributed by atoms with Crippen molar-refractivity contribution in [2.75, 3.05) is 19.8 Å². The summed E-state index contributed by atoms with van der Waals surface area (Å²) in [5.74, 6) is 1.36. The summed E-state index contributed by atoms with van der Waals surface area (Å²) < 4.78 is 11.0. The van der Waals surface area contributed by atoms with E-state index in [9.17, 15) is 5.11 Å². The maximum Gasteiger partial charge on any atom is 0.119 e. The first-order valence-electron chi connectivity index (χ1n) is 7.04. The van der Waals surface area contributed by atoms with Crippen molar-refractivity contribution in [3.8, 4) is 5.75 Å². The van der Waals surface area contributed by atoms with Gasteiger partial charge in [0.1, 0.15) is 18.0 Å². The van der Waals surface area contributed by atoms with Crippen LogP contribution in [0, 0.1) is 6.92 Å². The Balaban J connectivity index is 1.98. The van der Waals surface area contributed by atoms with Crippen molar-refractivity contribution < 1.29 is 14.6 Å². The maximum absolute atomic E-state index is 10.3. The molecule has 1 N–H and O–H groups in total. The van der Waals surface area contributed by atoms with Crippen molar-refractivity contribution >= 4 is 0 Å². The fraction of sp³-hybridized carbons (Fsp3) is 0.625. The van der Waals surface area contributed by atoms with Crippen LogP contribution in [-0.2, 0) is 4.74 Å². The number of rotatable bonds is 4. The zero-order valence-electron chi connectivity index (χ0n) is 12.1. The van der Waals surface area contributed by atoms with Gasteiger partial charge in [-0.25, -0.2) is 0 Å². The molecule has 19 heavy (non-hydrogen) atoms. The van der Waals surface area contributed by atoms with Crippen LogP contribution in [0.4, 0.5) is 0 Å². The van der Waals surface area contributed by atoms with Gasteiger partial charge in [-0.2, -0.15) is 0 Å². The molecule has 0 spiro atoms. The Morgan fingerprint density at radius 1 is 1.32 bits per heavy atom. The zero-order valence-corrected chi connectivity index (χ0v) is 12.1. The Kier molecular flexibility index (Phi) is 4.48. The second-order valence-electron chi connectivity index (χ2n) is 5.80. The van der Waals surface area contributed by atoms with Gasteiger partial charge in [0.2, 0.25) is 0 Å². The molecule has 0 radical (unpaired) electrons. The third kappa shape index (κ3) is 3.71. The number of ether oxygens (including phenoxy) is 2. The smallest absolute Gasteiger partial charge is 0.119 e. The molecular formula is C16H24O3. The van der Waals surface area contributed by atoms with Gasteiger partial charge in [0.05, 0.1) is 0 Å². The Hall–Kier alpha value is -1.06. The highest BCUT2D eigenvalue weighted by atomic mass is 16.5. The van der Waals surface area contributed by atoms with Gasteiger partial charge in [0, 0.05) is 26.1 Å². The van der Waals surface area contributed by atoms with Gasteiger partial charge in [0.15, 0.2) is 0 Å². The molecule has 1 aliphatic heterocycles. The number of benzene rings is 1. The first-order valence-corrected chi connectivity index (χ1v) is 7.04. The summed E-state index contributed by atoms with van der Waals surface area (Å²) in [4.78, 5) is 0. The monoisotopic (exact) mass is 264 g/mol. The number of hydrogen-bond donors (Lipinski definition) is 1. The lowest BCUT2D eigenvalue weighted by Crippen LogP contribution is -2.41. The molecule has 106 valence electrons. The Morgan fingerprint density at radius 3 is 2.58 bits per heavy atom. The molecule has 1 saturated heterocycles. The van der Waals surface area contributed by atoms with Gasteiger partial charge in [-0.15, -0.1) is 0 Å². The van der Waals surface area contributed by atoms with Crippen LogP contribution in [0.15, 0.2) is 18.2 Å². The lowest BCUT2D eigenvalue weighted by molar-refractivity contribution is -0.0855. The fourth-order valence-corrected chi connectivity index (χ4v) is 2.50. The van der Waals surface area contributed by atoms with Crippen LogP contribution in [-0.4, -0.2) is 30.5 Å². The van der Waals surface area contributed by atoms with Crippen LogP contribution in [0.3, 0.4) is 0 Å². The largest absolute Gasteiger partial charge is 0.491 e. The average molecular weight is 264 g/mol. The van der Waals surface area contributed by atoms with Crippen LogP contribution in [0.5, 0.6) is 5.75 Å². The third-order valence-electron chi connectivity index (χ3n) is 3.79. The van der Waals surface area contributed by atoms with Crippen LogP contribution < -0.4 is 4.74 Å². The van der Waals surface area contributed by atoms with Crippen LogP contribution >= 0.6 is 0 Å². The van der Waals surface area contributed by atoms with Crippen molar-refractivity contribution in [2.24, 2.45) is 0 Å². The number of hydrogen-bond acceptors (Lipinski definition) is 3. The van der Waals surface area contributed by atoms with E-state index in [0.717, 1.165) is 5.75 Å². The van der Waals surface area contributed by atoms with Crippen molar-refractivity contribution in [3.05, 3.63) is 29.3 Å². The first kappa shape index (κ1) is 14.4. The van der Waals surface area contributed by atoms with Crippen molar-refractivity contribution in [3.63, 3.8) is 0 Å². The topological polar surface area (TPSA) is 38.7 Å². The SMILES string of the molecule is Cc1cc(OCC2(O)CCOCC2)ccc1C(C)C. The van der Waals surface area contributed by atoms with Crippen LogP contribution in [0.25, 0.3) is 0 Å². The minimum Gasteiger partial charge on any atom is -0.491 e. The van der Waals surface area contributed by atoms with Gasteiger partial charge in [0.25, 0.3) is 0 Å². The van der Waals surface area contributed by atoms with E-state index < -0.39 is 5.60 Å². The van der Waals surface area contributed by atoms with Crippen LogP contribution in [0.2, 0.25) is 0 Å². The van der Waals surface area contributed by atoms with Crippen molar-refractivity contribution in [1.82, 2.24) is 0 Å². The average Bonchev–Trinajstić information content (AvgIpc) is 2.37. The maximum atomic E-state index is 10.3. The molecule has 0 amide bonds. The van der Waals surface area contributed by atoms with E-state index in [2.05, 4.69) is 32.9 Å². The summed E-state index contributed by atoms with van der Waals surface area (Å²) in [5, 5.41) is 10.3. The van der Waals surface area contributed by atoms with Crippen molar-refractivity contribution in [1.29, 1.82) is 0 Å². The molecule has 1 aliphatic rings. The highest BCUT2D eigenvalue weighted by Crippen LogP contribution is 2.26. The molecule has 0 bridgehead atoms. The zero-order chi connectivity index (χ0) is 13.9. The molecule has 2 rings (SSSR count). The summed E-state index contributed by atoms with van der Waals surface area (Å²) in [7, 11) is 0. The molecule has 1 aromatic carbocycles. The summed E-state index contributed by atoms with van der Waals surface area (Å²) in [6, 6.07) is 6.16. The van der Waals surface area contributed by atoms with E-state index in [0.29, 0.717) is 38.6 Å². The summed E-state index contributed by atoms with van der Waals surface area (Å²) in [5.41, 5.74) is 1.85. The van der Waals surface area contributed by atoms with E-state index >= 15 is 0 Å². The number of aryl methyl sites for hydroxylation is 1. The van der Waals surface area contributed by atoms with Gasteiger partial charge in [-0.1, -0.05) is 19.9 Å². The predicted molar refractivity (Wildman–Crippen MR) is 75.8 cm³/mol. The standard InChI is InChI=1S/C16H24O3/c1-12(2)15-5-4-14(10-13(15)3)19-11-16(17)6-8-18-9-7-16/h4-5,10,12,17H,6-9,11H2,1-3H3. The predicted octanol–water partition coefficient (Wildman–Crippen LogP) is 3.04. The summed E-state index contributed by atoms with van der Waals surface area (Å²) >= 11 is 0. The Bertz CT molecular complexity index is 420. The number of aliphatic hydroxyl groups is 1. The van der Waals surface area contributed by atoms with E-state index in [1.54, 1.807) is 0 Å². The normalized spacial score (nSPS) is 18.6. The lowest BCUT2D eigenvalue weighted by atomic mass is 9.95. The minimum absolute atomic E-state index is 0.344. The summed E-state index contributed by atoms with van der Waals surface area (Å²) in [6.07, 6.45) is 1.30. The highest BCUT2D eigenvalue weighted by Gasteiger charge is 2.30. The molecule has 1 heterocycles. The lowest BCUT2D eigenvalue weighted by Gasteiger charge is -2.31. The minimum atomic E-state index is -0.733. The molecule has 1 aromatic rings. The second-order valence-corrected chi connectivity index (χ2v) is 5.80. The molecule has 0 saturated carbocycles. The van der Waals surface area contributed by atoms with E-state index in [1.807, 2.05) is 6.07 Å². The molecule has 1 fully saturated rings. The van der Waals surface area contributed by atoms with Gasteiger partial charge >= 0.3 is 0 Å². The molecule has 3 heteroatoms. The van der Waals surface area contributed by atoms with Gasteiger partial charge in [-0.3, -0.25) is 0 Å². The Labute approximate surface area is 115 Å². The first-order chi connectivity index (χ1) is 9.00. The summed E-state index contributed by atoms with van der Waals surface area (Å²) in [6.45, 7) is 8.06. The van der Waals surface area contributed by atoms with Gasteiger partial charge < -0.3 is 14.6 Å². The fourth-order valence-electron chi connectivity index (χ4n) is 2.50. The second kappa shape index (κ2) is 5.93. The van der Waals surface area contributed by atoms with E-state index in [-0.39, 0.29) is 0 Å². The Morgan fingerprint density at radius 2 is 2.00 bits per heavy atom. The van der Waals surface area contributed by atoms with Gasteiger partial charge in [-0.05, 0) is 36.1 Å². The third-order valence-corrected chi connectivity index (χ3v) is 3.79. The molecule has 3 nitrogen and oxygen atoms in total. The van der Waals surface area contributed by atoms with Crippen molar-refractivity contribution in [2.45, 2.75) is 45.1 Å². The molecule has 0 unspecified atom stereocenters. The molecule has 0 aromatic heterocycles. The quantitative estimate of drug-likeness (QED) is 0.908. The van der Waals surface area contributed by atoms with E-state index in [4.69, 9.17) is 9.47 Å². The molecular weight excluding hydrogens is 240 g/mol. The molecule has 0 atom stereocenters.